The highest BCUT2D eigenvalue weighted by atomic mass is 16.3. The van der Waals surface area contributed by atoms with E-state index in [4.69, 9.17) is 0 Å². The Bertz CT molecular complexity index is 417. The Kier molecular flexibility index (Phi) is 2.72. The number of hydrogen-bond donors (Lipinski definition) is 2. The van der Waals surface area contributed by atoms with E-state index in [9.17, 15) is 5.11 Å². The molecule has 17 heavy (non-hydrogen) atoms. The summed E-state index contributed by atoms with van der Waals surface area (Å²) in [4.78, 5) is 0. The third-order valence-electron chi connectivity index (χ3n) is 4.81. The van der Waals surface area contributed by atoms with Crippen LogP contribution in [0.4, 0.5) is 0 Å². The summed E-state index contributed by atoms with van der Waals surface area (Å²) < 4.78 is 0. The SMILES string of the molecule is CNC12CC(O)CCC1CCc1ccccc12. The number of rotatable bonds is 1. The highest BCUT2D eigenvalue weighted by Gasteiger charge is 2.46. The molecule has 1 aromatic carbocycles. The van der Waals surface area contributed by atoms with Crippen LogP contribution >= 0.6 is 0 Å². The number of aliphatic hydroxyl groups excluding tert-OH is 1. The zero-order chi connectivity index (χ0) is 11.9. The largest absolute Gasteiger partial charge is 0.393 e. The van der Waals surface area contributed by atoms with Crippen LogP contribution in [-0.4, -0.2) is 18.3 Å². The van der Waals surface area contributed by atoms with Crippen LogP contribution in [0.3, 0.4) is 0 Å². The fourth-order valence-electron chi connectivity index (χ4n) is 3.95. The van der Waals surface area contributed by atoms with Crippen LogP contribution in [0.15, 0.2) is 24.3 Å². The second kappa shape index (κ2) is 4.11. The van der Waals surface area contributed by atoms with Gasteiger partial charge in [0.05, 0.1) is 6.10 Å². The normalized spacial score (nSPS) is 36.1. The number of aliphatic hydroxyl groups is 1. The molecule has 2 nitrogen and oxygen atoms in total. The minimum atomic E-state index is -0.148. The quantitative estimate of drug-likeness (QED) is 0.776. The number of benzene rings is 1. The minimum Gasteiger partial charge on any atom is -0.393 e. The van der Waals surface area contributed by atoms with E-state index in [2.05, 4.69) is 29.6 Å². The Morgan fingerprint density at radius 3 is 2.88 bits per heavy atom. The van der Waals surface area contributed by atoms with Crippen molar-refractivity contribution in [3.63, 3.8) is 0 Å². The van der Waals surface area contributed by atoms with Gasteiger partial charge in [-0.05, 0) is 56.2 Å². The van der Waals surface area contributed by atoms with Crippen molar-refractivity contribution < 1.29 is 5.11 Å². The van der Waals surface area contributed by atoms with Gasteiger partial charge in [-0.15, -0.1) is 0 Å². The lowest BCUT2D eigenvalue weighted by Crippen LogP contribution is -2.54. The molecule has 0 heterocycles. The molecule has 2 aliphatic carbocycles. The molecule has 0 radical (unpaired) electrons. The van der Waals surface area contributed by atoms with Crippen LogP contribution in [-0.2, 0) is 12.0 Å². The summed E-state index contributed by atoms with van der Waals surface area (Å²) in [7, 11) is 2.05. The molecular formula is C15H21NO. The van der Waals surface area contributed by atoms with E-state index in [0.29, 0.717) is 5.92 Å². The molecule has 0 aliphatic heterocycles. The van der Waals surface area contributed by atoms with Gasteiger partial charge in [-0.3, -0.25) is 0 Å². The molecule has 3 rings (SSSR count). The fourth-order valence-corrected chi connectivity index (χ4v) is 3.95. The average Bonchev–Trinajstić information content (AvgIpc) is 2.38. The number of fused-ring (bicyclic) bond motifs is 3. The Labute approximate surface area is 103 Å². The van der Waals surface area contributed by atoms with Crippen LogP contribution in [0.5, 0.6) is 0 Å². The van der Waals surface area contributed by atoms with Crippen molar-refractivity contribution in [1.82, 2.24) is 5.32 Å². The lowest BCUT2D eigenvalue weighted by molar-refractivity contribution is 0.0242. The summed E-state index contributed by atoms with van der Waals surface area (Å²) in [5.74, 6) is 0.686. The highest BCUT2D eigenvalue weighted by molar-refractivity contribution is 5.38. The Balaban J connectivity index is 2.09. The second-order valence-corrected chi connectivity index (χ2v) is 5.55. The predicted octanol–water partition coefficient (Wildman–Crippen LogP) is 2.21. The molecule has 1 saturated carbocycles. The van der Waals surface area contributed by atoms with Crippen LogP contribution in [0, 0.1) is 5.92 Å². The van der Waals surface area contributed by atoms with Gasteiger partial charge in [0, 0.05) is 5.54 Å². The third kappa shape index (κ3) is 1.62. The van der Waals surface area contributed by atoms with Crippen LogP contribution in [0.2, 0.25) is 0 Å². The van der Waals surface area contributed by atoms with Gasteiger partial charge in [0.25, 0.3) is 0 Å². The number of nitrogens with one attached hydrogen (secondary N) is 1. The molecule has 92 valence electrons. The maximum absolute atomic E-state index is 10.0. The Morgan fingerprint density at radius 2 is 2.06 bits per heavy atom. The lowest BCUT2D eigenvalue weighted by atomic mass is 9.62. The molecular weight excluding hydrogens is 210 g/mol. The molecule has 0 aromatic heterocycles. The third-order valence-corrected chi connectivity index (χ3v) is 4.81. The molecule has 3 atom stereocenters. The van der Waals surface area contributed by atoms with Gasteiger partial charge in [0.15, 0.2) is 0 Å². The summed E-state index contributed by atoms with van der Waals surface area (Å²) >= 11 is 0. The molecule has 0 amide bonds. The monoisotopic (exact) mass is 231 g/mol. The summed E-state index contributed by atoms with van der Waals surface area (Å²) in [5.41, 5.74) is 2.91. The molecule has 0 bridgehead atoms. The smallest absolute Gasteiger partial charge is 0.0561 e. The Morgan fingerprint density at radius 1 is 1.24 bits per heavy atom. The molecule has 1 aromatic rings. The van der Waals surface area contributed by atoms with Crippen molar-refractivity contribution >= 4 is 0 Å². The van der Waals surface area contributed by atoms with E-state index < -0.39 is 0 Å². The van der Waals surface area contributed by atoms with Crippen LogP contribution in [0.25, 0.3) is 0 Å². The predicted molar refractivity (Wildman–Crippen MR) is 68.8 cm³/mol. The van der Waals surface area contributed by atoms with Crippen LogP contribution in [0.1, 0.15) is 36.8 Å². The first kappa shape index (κ1) is 11.2. The molecule has 0 spiro atoms. The van der Waals surface area contributed by atoms with E-state index in [0.717, 1.165) is 19.3 Å². The van der Waals surface area contributed by atoms with Crippen LogP contribution < -0.4 is 5.32 Å². The number of hydrogen-bond acceptors (Lipinski definition) is 2. The molecule has 2 N–H and O–H groups in total. The van der Waals surface area contributed by atoms with E-state index in [1.54, 1.807) is 0 Å². The zero-order valence-electron chi connectivity index (χ0n) is 10.4. The van der Waals surface area contributed by atoms with E-state index in [1.165, 1.54) is 24.0 Å². The van der Waals surface area contributed by atoms with E-state index in [1.807, 2.05) is 7.05 Å². The topological polar surface area (TPSA) is 32.3 Å². The van der Waals surface area contributed by atoms with Gasteiger partial charge < -0.3 is 10.4 Å². The summed E-state index contributed by atoms with van der Waals surface area (Å²) in [6.45, 7) is 0. The van der Waals surface area contributed by atoms with Gasteiger partial charge in [-0.25, -0.2) is 0 Å². The maximum Gasteiger partial charge on any atom is 0.0561 e. The van der Waals surface area contributed by atoms with Crippen molar-refractivity contribution in [1.29, 1.82) is 0 Å². The number of aryl methyl sites for hydroxylation is 1. The van der Waals surface area contributed by atoms with Gasteiger partial charge in [-0.1, -0.05) is 24.3 Å². The van der Waals surface area contributed by atoms with Gasteiger partial charge in [-0.2, -0.15) is 0 Å². The van der Waals surface area contributed by atoms with Crippen molar-refractivity contribution in [3.05, 3.63) is 35.4 Å². The molecule has 1 fully saturated rings. The van der Waals surface area contributed by atoms with Gasteiger partial charge in [0.2, 0.25) is 0 Å². The van der Waals surface area contributed by atoms with Crippen molar-refractivity contribution in [2.75, 3.05) is 7.05 Å². The van der Waals surface area contributed by atoms with E-state index in [-0.39, 0.29) is 11.6 Å². The van der Waals surface area contributed by atoms with Crippen molar-refractivity contribution in [2.45, 2.75) is 43.7 Å². The van der Waals surface area contributed by atoms with Gasteiger partial charge in [0.1, 0.15) is 0 Å². The molecule has 2 heteroatoms. The van der Waals surface area contributed by atoms with Gasteiger partial charge >= 0.3 is 0 Å². The first-order valence-electron chi connectivity index (χ1n) is 6.71. The molecule has 0 saturated heterocycles. The summed E-state index contributed by atoms with van der Waals surface area (Å²) in [6.07, 6.45) is 5.28. The lowest BCUT2D eigenvalue weighted by Gasteiger charge is -2.50. The molecule has 2 aliphatic rings. The summed E-state index contributed by atoms with van der Waals surface area (Å²) in [5, 5.41) is 13.6. The maximum atomic E-state index is 10.0. The average molecular weight is 231 g/mol. The van der Waals surface area contributed by atoms with Crippen molar-refractivity contribution in [2.24, 2.45) is 5.92 Å². The van der Waals surface area contributed by atoms with E-state index >= 15 is 0 Å². The second-order valence-electron chi connectivity index (χ2n) is 5.55. The standard InChI is InChI=1S/C15H21NO/c1-16-15-10-13(17)9-8-12(15)7-6-11-4-2-3-5-14(11)15/h2-5,12-13,16-17H,6-10H2,1H3. The first-order valence-corrected chi connectivity index (χ1v) is 6.71. The first-order chi connectivity index (χ1) is 8.26. The fraction of sp³-hybridized carbons (Fsp3) is 0.600. The summed E-state index contributed by atoms with van der Waals surface area (Å²) in [6, 6.07) is 8.74. The Hall–Kier alpha value is -0.860. The van der Waals surface area contributed by atoms with Crippen molar-refractivity contribution in [3.8, 4) is 0 Å². The zero-order valence-corrected chi connectivity index (χ0v) is 10.4. The molecule has 3 unspecified atom stereocenters. The minimum absolute atomic E-state index is 0.0203. The highest BCUT2D eigenvalue weighted by Crippen LogP contribution is 2.47.